The van der Waals surface area contributed by atoms with E-state index in [1.165, 1.54) is 4.57 Å². The number of imide groups is 1. The SMILES string of the molecule is Cn1c(=O)n(C2CCC(=O)NC2=O)c2ccc(CCCN3CCN(c4cnc(-c5ccn6cc([C@]78CC[C@](CNC(=O)c9cc(F)c(O)c(F)c9F)(CC7)CC8)nc6c5)cn4)CC3)cc21. The van der Waals surface area contributed by atoms with Crippen molar-refractivity contribution in [3.8, 4) is 17.0 Å². The molecule has 11 rings (SSSR count). The number of piperazine rings is 1. The van der Waals surface area contributed by atoms with E-state index in [2.05, 4.69) is 26.6 Å². The molecule has 3 N–H and O–H groups in total. The van der Waals surface area contributed by atoms with Crippen molar-refractivity contribution in [2.45, 2.75) is 75.7 Å². The summed E-state index contributed by atoms with van der Waals surface area (Å²) in [4.78, 5) is 69.5. The average Bonchev–Trinajstić information content (AvgIpc) is 3.87. The van der Waals surface area contributed by atoms with E-state index in [0.29, 0.717) is 18.0 Å². The molecule has 0 radical (unpaired) electrons. The van der Waals surface area contributed by atoms with E-state index < -0.39 is 46.6 Å². The van der Waals surface area contributed by atoms with Crippen molar-refractivity contribution in [3.63, 3.8) is 0 Å². The number of amides is 3. The number of rotatable bonds is 11. The van der Waals surface area contributed by atoms with Gasteiger partial charge in [-0.2, -0.15) is 4.39 Å². The molecule has 2 aliphatic heterocycles. The van der Waals surface area contributed by atoms with Gasteiger partial charge in [0.1, 0.15) is 17.5 Å². The van der Waals surface area contributed by atoms with E-state index in [-0.39, 0.29) is 35.4 Å². The van der Waals surface area contributed by atoms with Crippen LogP contribution in [0, 0.1) is 22.9 Å². The highest BCUT2D eigenvalue weighted by Crippen LogP contribution is 2.57. The fourth-order valence-electron chi connectivity index (χ4n) is 10.6. The van der Waals surface area contributed by atoms with Crippen LogP contribution in [0.4, 0.5) is 19.0 Å². The molecule has 3 aliphatic carbocycles. The lowest BCUT2D eigenvalue weighted by Crippen LogP contribution is -2.49. The first-order chi connectivity index (χ1) is 31.3. The molecule has 2 saturated heterocycles. The molecule has 18 heteroatoms. The maximum atomic E-state index is 14.3. The lowest BCUT2D eigenvalue weighted by atomic mass is 9.53. The monoisotopic (exact) mass is 890 g/mol. The minimum Gasteiger partial charge on any atom is -0.503 e. The molecule has 0 spiro atoms. The van der Waals surface area contributed by atoms with E-state index in [1.807, 2.05) is 53.3 Å². The number of nitrogens with zero attached hydrogens (tertiary/aromatic N) is 8. The molecule has 1 atom stereocenters. The number of halogens is 3. The Morgan fingerprint density at radius 1 is 0.923 bits per heavy atom. The predicted octanol–water partition coefficient (Wildman–Crippen LogP) is 5.32. The summed E-state index contributed by atoms with van der Waals surface area (Å²) >= 11 is 0. The van der Waals surface area contributed by atoms with Gasteiger partial charge in [0.15, 0.2) is 17.4 Å². The summed E-state index contributed by atoms with van der Waals surface area (Å²) in [6.07, 6.45) is 15.1. The highest BCUT2D eigenvalue weighted by Gasteiger charge is 2.50. The second-order valence-corrected chi connectivity index (χ2v) is 18.3. The Morgan fingerprint density at radius 2 is 1.69 bits per heavy atom. The van der Waals surface area contributed by atoms with Crippen molar-refractivity contribution in [3.05, 3.63) is 106 Å². The van der Waals surface area contributed by atoms with E-state index in [9.17, 15) is 37.5 Å². The van der Waals surface area contributed by atoms with Crippen molar-refractivity contribution in [2.24, 2.45) is 12.5 Å². The van der Waals surface area contributed by atoms with Crippen LogP contribution >= 0.6 is 0 Å². The van der Waals surface area contributed by atoms with Gasteiger partial charge in [-0.05, 0) is 106 Å². The third-order valence-corrected chi connectivity index (χ3v) is 14.7. The second kappa shape index (κ2) is 16.5. The Morgan fingerprint density at radius 3 is 2.42 bits per heavy atom. The zero-order valence-corrected chi connectivity index (χ0v) is 36.0. The number of aromatic nitrogens is 6. The van der Waals surface area contributed by atoms with Gasteiger partial charge < -0.3 is 19.7 Å². The summed E-state index contributed by atoms with van der Waals surface area (Å²) in [5.74, 6) is -7.02. The number of benzene rings is 2. The van der Waals surface area contributed by atoms with Crippen molar-refractivity contribution in [1.82, 2.24) is 44.0 Å². The van der Waals surface area contributed by atoms with E-state index in [1.54, 1.807) is 11.6 Å². The van der Waals surface area contributed by atoms with Crippen molar-refractivity contribution in [1.29, 1.82) is 0 Å². The molecule has 1 unspecified atom stereocenters. The Balaban J connectivity index is 0.711. The molecule has 2 bridgehead atoms. The smallest absolute Gasteiger partial charge is 0.329 e. The Labute approximate surface area is 371 Å². The Kier molecular flexibility index (Phi) is 10.7. The molecule has 2 aromatic carbocycles. The number of nitrogens with one attached hydrogen (secondary N) is 2. The lowest BCUT2D eigenvalue weighted by molar-refractivity contribution is -0.135. The zero-order valence-electron chi connectivity index (χ0n) is 36.0. The van der Waals surface area contributed by atoms with Crippen molar-refractivity contribution < 1.29 is 32.7 Å². The van der Waals surface area contributed by atoms with Crippen LogP contribution in [0.2, 0.25) is 0 Å². The number of aryl methyl sites for hydroxylation is 2. The third kappa shape index (κ3) is 7.70. The van der Waals surface area contributed by atoms with Crippen LogP contribution in [0.5, 0.6) is 5.75 Å². The Hall–Kier alpha value is -6.56. The first-order valence-corrected chi connectivity index (χ1v) is 22.3. The number of phenolic OH excluding ortho intramolecular Hbond substituents is 1. The number of carbonyl (C=O) groups excluding carboxylic acids is 3. The highest BCUT2D eigenvalue weighted by molar-refractivity contribution is 6.00. The first-order valence-electron chi connectivity index (χ1n) is 22.3. The number of phenols is 1. The molecular formula is C47H49F3N10O5. The number of fused-ring (bicyclic) bond motifs is 5. The van der Waals surface area contributed by atoms with Crippen LogP contribution < -0.4 is 21.2 Å². The number of aromatic hydroxyl groups is 1. The number of carbonyl (C=O) groups is 3. The van der Waals surface area contributed by atoms with Gasteiger partial charge in [-0.15, -0.1) is 0 Å². The van der Waals surface area contributed by atoms with Gasteiger partial charge >= 0.3 is 5.69 Å². The minimum absolute atomic E-state index is 0.105. The topological polar surface area (TPSA) is 172 Å². The molecule has 6 heterocycles. The molecule has 5 aliphatic rings. The molecule has 5 fully saturated rings. The molecule has 338 valence electrons. The van der Waals surface area contributed by atoms with E-state index >= 15 is 0 Å². The number of hydrogen-bond donors (Lipinski definition) is 3. The summed E-state index contributed by atoms with van der Waals surface area (Å²) in [5, 5.41) is 14.4. The summed E-state index contributed by atoms with van der Waals surface area (Å²) in [5.41, 5.74) is 4.75. The zero-order chi connectivity index (χ0) is 45.2. The van der Waals surface area contributed by atoms with Crippen LogP contribution in [0.15, 0.2) is 66.0 Å². The molecular weight excluding hydrogens is 842 g/mol. The average molecular weight is 891 g/mol. The summed E-state index contributed by atoms with van der Waals surface area (Å²) in [6.45, 7) is 4.66. The number of pyridine rings is 1. The quantitative estimate of drug-likeness (QED) is 0.114. The summed E-state index contributed by atoms with van der Waals surface area (Å²) < 4.78 is 47.2. The lowest BCUT2D eigenvalue weighted by Gasteiger charge is -2.53. The van der Waals surface area contributed by atoms with Crippen LogP contribution in [0.1, 0.15) is 85.4 Å². The predicted molar refractivity (Wildman–Crippen MR) is 234 cm³/mol. The third-order valence-electron chi connectivity index (χ3n) is 14.7. The van der Waals surface area contributed by atoms with Gasteiger partial charge in [-0.3, -0.25) is 38.7 Å². The van der Waals surface area contributed by atoms with Crippen molar-refractivity contribution in [2.75, 3.05) is 44.2 Å². The van der Waals surface area contributed by atoms with Gasteiger partial charge in [0.25, 0.3) is 5.91 Å². The molecule has 15 nitrogen and oxygen atoms in total. The molecule has 4 aromatic heterocycles. The highest BCUT2D eigenvalue weighted by atomic mass is 19.2. The first kappa shape index (κ1) is 42.4. The van der Waals surface area contributed by atoms with Crippen LogP contribution in [-0.2, 0) is 28.5 Å². The largest absolute Gasteiger partial charge is 0.503 e. The summed E-state index contributed by atoms with van der Waals surface area (Å²) in [6, 6.07) is 9.82. The normalized spacial score (nSPS) is 22.5. The van der Waals surface area contributed by atoms with Gasteiger partial charge in [0, 0.05) is 69.6 Å². The van der Waals surface area contributed by atoms with Gasteiger partial charge in [0.2, 0.25) is 17.6 Å². The Bertz CT molecular complexity index is 2910. The molecule has 6 aromatic rings. The molecule has 3 amide bonds. The van der Waals surface area contributed by atoms with Gasteiger partial charge in [-0.1, -0.05) is 6.07 Å². The van der Waals surface area contributed by atoms with Crippen LogP contribution in [0.25, 0.3) is 27.9 Å². The fourth-order valence-corrected chi connectivity index (χ4v) is 10.6. The number of hydrogen-bond acceptors (Lipinski definition) is 10. The fraction of sp³-hybridized carbons (Fsp3) is 0.426. The maximum absolute atomic E-state index is 14.3. The van der Waals surface area contributed by atoms with E-state index in [0.717, 1.165) is 124 Å². The number of anilines is 1. The molecule has 65 heavy (non-hydrogen) atoms. The maximum Gasteiger partial charge on any atom is 0.329 e. The second-order valence-electron chi connectivity index (χ2n) is 18.3. The van der Waals surface area contributed by atoms with Crippen LogP contribution in [0.3, 0.4) is 0 Å². The molecule has 3 saturated carbocycles. The summed E-state index contributed by atoms with van der Waals surface area (Å²) in [7, 11) is 1.71. The van der Waals surface area contributed by atoms with Gasteiger partial charge in [-0.25, -0.2) is 23.5 Å². The van der Waals surface area contributed by atoms with Gasteiger partial charge in [0.05, 0.1) is 40.4 Å². The van der Waals surface area contributed by atoms with E-state index in [4.69, 9.17) is 15.0 Å². The number of piperidine rings is 1. The standard InChI is InChI=1S/C47H49F3N10O5/c1-56-35-21-28(4-5-33(35)60(45(56)65)34-6-7-39(61)55-44(34)64)3-2-15-57-17-19-58(20-18-57)38-25-51-32(24-52-38)29-8-16-59-26-36(54-37(59)22-29)47-12-9-46(10-13-47,11-14-47)27-53-43(63)30-23-31(48)42(62)41(50)40(30)49/h4-5,8,16,21-26,34,62H,2-3,6-7,9-15,17-20,27H2,1H3,(H,53,63)(H,55,61,64)/t34?,46-,47+. The minimum atomic E-state index is -1.78. The number of imidazole rings is 2. The van der Waals surface area contributed by atoms with Crippen LogP contribution in [-0.4, -0.2) is 95.5 Å². The van der Waals surface area contributed by atoms with Crippen molar-refractivity contribution >= 4 is 40.2 Å².